The van der Waals surface area contributed by atoms with E-state index in [-0.39, 0.29) is 0 Å². The largest absolute Gasteiger partial charge is 0.0654 e. The second-order valence-electron chi connectivity index (χ2n) is 6.16. The molecule has 0 aliphatic rings. The SMILES string of the molecule is CCCC(C)CC(C)C(C)(C)C(C)CC. The standard InChI is InChI=1S/C15H32/c1-8-10-12(3)11-14(5)15(6,7)13(4)9-2/h12-14H,8-11H2,1-7H3. The van der Waals surface area contributed by atoms with Gasteiger partial charge < -0.3 is 0 Å². The molecule has 0 amide bonds. The zero-order valence-corrected chi connectivity index (χ0v) is 12.1. The van der Waals surface area contributed by atoms with Crippen molar-refractivity contribution in [2.45, 2.75) is 74.1 Å². The smallest absolute Gasteiger partial charge is 0.0303 e. The lowest BCUT2D eigenvalue weighted by molar-refractivity contribution is 0.113. The first-order valence-electron chi connectivity index (χ1n) is 6.86. The molecule has 0 aromatic heterocycles. The van der Waals surface area contributed by atoms with Crippen LogP contribution in [0, 0.1) is 23.2 Å². The van der Waals surface area contributed by atoms with Gasteiger partial charge in [-0.15, -0.1) is 0 Å². The zero-order chi connectivity index (χ0) is 12.1. The minimum atomic E-state index is 0.497. The van der Waals surface area contributed by atoms with Crippen LogP contribution >= 0.6 is 0 Å². The minimum Gasteiger partial charge on any atom is -0.0654 e. The lowest BCUT2D eigenvalue weighted by Crippen LogP contribution is -2.30. The van der Waals surface area contributed by atoms with Crippen LogP contribution in [-0.2, 0) is 0 Å². The van der Waals surface area contributed by atoms with E-state index in [0.717, 1.165) is 17.8 Å². The predicted octanol–water partition coefficient (Wildman–Crippen LogP) is 5.52. The molecular weight excluding hydrogens is 180 g/mol. The molecule has 92 valence electrons. The first-order chi connectivity index (χ1) is 6.86. The van der Waals surface area contributed by atoms with Crippen molar-refractivity contribution in [3.8, 4) is 0 Å². The van der Waals surface area contributed by atoms with Crippen LogP contribution < -0.4 is 0 Å². The second-order valence-corrected chi connectivity index (χ2v) is 6.16. The van der Waals surface area contributed by atoms with Crippen LogP contribution in [0.2, 0.25) is 0 Å². The maximum Gasteiger partial charge on any atom is -0.0303 e. The van der Waals surface area contributed by atoms with Crippen molar-refractivity contribution in [2.75, 3.05) is 0 Å². The van der Waals surface area contributed by atoms with Crippen LogP contribution in [0.1, 0.15) is 74.1 Å². The van der Waals surface area contributed by atoms with Crippen LogP contribution in [0.15, 0.2) is 0 Å². The van der Waals surface area contributed by atoms with E-state index in [1.54, 1.807) is 0 Å². The summed E-state index contributed by atoms with van der Waals surface area (Å²) >= 11 is 0. The fourth-order valence-corrected chi connectivity index (χ4v) is 2.53. The normalized spacial score (nSPS) is 18.6. The fourth-order valence-electron chi connectivity index (χ4n) is 2.53. The van der Waals surface area contributed by atoms with Crippen molar-refractivity contribution in [1.29, 1.82) is 0 Å². The third kappa shape index (κ3) is 4.57. The summed E-state index contributed by atoms with van der Waals surface area (Å²) < 4.78 is 0. The predicted molar refractivity (Wildman–Crippen MR) is 71.1 cm³/mol. The van der Waals surface area contributed by atoms with Crippen molar-refractivity contribution in [2.24, 2.45) is 23.2 Å². The summed E-state index contributed by atoms with van der Waals surface area (Å²) in [6, 6.07) is 0. The Morgan fingerprint density at radius 3 is 1.87 bits per heavy atom. The molecule has 0 heterocycles. The van der Waals surface area contributed by atoms with E-state index >= 15 is 0 Å². The van der Waals surface area contributed by atoms with Crippen molar-refractivity contribution < 1.29 is 0 Å². The Hall–Kier alpha value is 0. The van der Waals surface area contributed by atoms with E-state index in [1.807, 2.05) is 0 Å². The van der Waals surface area contributed by atoms with Gasteiger partial charge in [0.25, 0.3) is 0 Å². The van der Waals surface area contributed by atoms with Gasteiger partial charge in [0.2, 0.25) is 0 Å². The summed E-state index contributed by atoms with van der Waals surface area (Å²) in [7, 11) is 0. The van der Waals surface area contributed by atoms with Gasteiger partial charge in [-0.05, 0) is 29.6 Å². The molecule has 0 aliphatic carbocycles. The fraction of sp³-hybridized carbons (Fsp3) is 1.00. The summed E-state index contributed by atoms with van der Waals surface area (Å²) in [5.74, 6) is 2.57. The summed E-state index contributed by atoms with van der Waals surface area (Å²) in [6.45, 7) is 16.8. The molecule has 0 aromatic carbocycles. The van der Waals surface area contributed by atoms with Gasteiger partial charge in [-0.2, -0.15) is 0 Å². The Balaban J connectivity index is 4.23. The van der Waals surface area contributed by atoms with Crippen molar-refractivity contribution in [1.82, 2.24) is 0 Å². The van der Waals surface area contributed by atoms with Crippen molar-refractivity contribution in [3.63, 3.8) is 0 Å². The van der Waals surface area contributed by atoms with E-state index in [0.29, 0.717) is 5.41 Å². The molecule has 0 aromatic rings. The maximum atomic E-state index is 2.45. The Bertz CT molecular complexity index is 157. The molecule has 0 saturated heterocycles. The van der Waals surface area contributed by atoms with Crippen LogP contribution in [0.4, 0.5) is 0 Å². The van der Waals surface area contributed by atoms with Crippen LogP contribution in [-0.4, -0.2) is 0 Å². The highest BCUT2D eigenvalue weighted by atomic mass is 14.4. The van der Waals surface area contributed by atoms with E-state index < -0.39 is 0 Å². The average molecular weight is 212 g/mol. The molecule has 0 radical (unpaired) electrons. The molecule has 0 rings (SSSR count). The monoisotopic (exact) mass is 212 g/mol. The highest BCUT2D eigenvalue weighted by Crippen LogP contribution is 2.40. The molecule has 0 aliphatic heterocycles. The molecule has 0 heteroatoms. The summed E-state index contributed by atoms with van der Waals surface area (Å²) in [6.07, 6.45) is 5.42. The molecule has 0 bridgehead atoms. The van der Waals surface area contributed by atoms with Crippen LogP contribution in [0.5, 0.6) is 0 Å². The molecule has 0 fully saturated rings. The quantitative estimate of drug-likeness (QED) is 0.521. The Morgan fingerprint density at radius 2 is 1.47 bits per heavy atom. The third-order valence-electron chi connectivity index (χ3n) is 4.69. The van der Waals surface area contributed by atoms with Crippen molar-refractivity contribution in [3.05, 3.63) is 0 Å². The molecule has 3 atom stereocenters. The third-order valence-corrected chi connectivity index (χ3v) is 4.69. The number of hydrogen-bond acceptors (Lipinski definition) is 0. The van der Waals surface area contributed by atoms with Gasteiger partial charge in [0.1, 0.15) is 0 Å². The topological polar surface area (TPSA) is 0 Å². The average Bonchev–Trinajstić information content (AvgIpc) is 2.16. The van der Waals surface area contributed by atoms with Gasteiger partial charge in [0, 0.05) is 0 Å². The molecule has 0 N–H and O–H groups in total. The molecule has 3 unspecified atom stereocenters. The van der Waals surface area contributed by atoms with Crippen molar-refractivity contribution >= 4 is 0 Å². The lowest BCUT2D eigenvalue weighted by Gasteiger charge is -2.38. The first-order valence-corrected chi connectivity index (χ1v) is 6.86. The van der Waals surface area contributed by atoms with E-state index in [9.17, 15) is 0 Å². The molecule has 0 spiro atoms. The maximum absolute atomic E-state index is 2.45. The first kappa shape index (κ1) is 15.0. The van der Waals surface area contributed by atoms with Gasteiger partial charge in [-0.1, -0.05) is 67.7 Å². The Morgan fingerprint density at radius 1 is 0.933 bits per heavy atom. The van der Waals surface area contributed by atoms with E-state index in [4.69, 9.17) is 0 Å². The summed E-state index contributed by atoms with van der Waals surface area (Å²) in [4.78, 5) is 0. The van der Waals surface area contributed by atoms with Gasteiger partial charge in [0.05, 0.1) is 0 Å². The van der Waals surface area contributed by atoms with E-state index in [1.165, 1.54) is 25.7 Å². The number of rotatable bonds is 7. The van der Waals surface area contributed by atoms with E-state index in [2.05, 4.69) is 48.5 Å². The highest BCUT2D eigenvalue weighted by Gasteiger charge is 2.31. The van der Waals surface area contributed by atoms with Gasteiger partial charge in [-0.3, -0.25) is 0 Å². The number of hydrogen-bond donors (Lipinski definition) is 0. The summed E-state index contributed by atoms with van der Waals surface area (Å²) in [5, 5.41) is 0. The second kappa shape index (κ2) is 6.55. The van der Waals surface area contributed by atoms with Crippen LogP contribution in [0.3, 0.4) is 0 Å². The zero-order valence-electron chi connectivity index (χ0n) is 12.1. The molecule has 0 nitrogen and oxygen atoms in total. The van der Waals surface area contributed by atoms with Gasteiger partial charge >= 0.3 is 0 Å². The highest BCUT2D eigenvalue weighted by molar-refractivity contribution is 4.81. The Labute approximate surface area is 97.8 Å². The molecular formula is C15H32. The van der Waals surface area contributed by atoms with Gasteiger partial charge in [0.15, 0.2) is 0 Å². The molecule has 0 saturated carbocycles. The molecule has 15 heavy (non-hydrogen) atoms. The minimum absolute atomic E-state index is 0.497. The van der Waals surface area contributed by atoms with Crippen LogP contribution in [0.25, 0.3) is 0 Å². The Kier molecular flexibility index (Phi) is 6.55. The van der Waals surface area contributed by atoms with Gasteiger partial charge in [-0.25, -0.2) is 0 Å². The summed E-state index contributed by atoms with van der Waals surface area (Å²) in [5.41, 5.74) is 0.497. The lowest BCUT2D eigenvalue weighted by atomic mass is 9.67.